The third-order valence-corrected chi connectivity index (χ3v) is 3.01. The van der Waals surface area contributed by atoms with Crippen LogP contribution in [0, 0.1) is 6.92 Å². The van der Waals surface area contributed by atoms with E-state index in [1.807, 2.05) is 19.1 Å². The maximum Gasteiger partial charge on any atom is 0.337 e. The van der Waals surface area contributed by atoms with Crippen LogP contribution >= 0.6 is 11.8 Å². The molecule has 4 nitrogen and oxygen atoms in total. The predicted molar refractivity (Wildman–Crippen MR) is 64.3 cm³/mol. The molecule has 0 spiro atoms. The Bertz CT molecular complexity index is 540. The molecule has 2 aromatic rings. The van der Waals surface area contributed by atoms with Gasteiger partial charge in [-0.15, -0.1) is 0 Å². The number of pyridine rings is 2. The lowest BCUT2D eigenvalue weighted by atomic mass is 10.3. The molecule has 0 unspecified atom stereocenters. The maximum absolute atomic E-state index is 10.7. The minimum atomic E-state index is -0.964. The molecule has 0 aromatic carbocycles. The molecule has 0 aliphatic carbocycles. The number of nitrogens with zero attached hydrogens (tertiary/aromatic N) is 2. The Labute approximate surface area is 103 Å². The molecule has 0 bridgehead atoms. The quantitative estimate of drug-likeness (QED) is 0.902. The highest BCUT2D eigenvalue weighted by Crippen LogP contribution is 2.25. The highest BCUT2D eigenvalue weighted by Gasteiger charge is 2.04. The van der Waals surface area contributed by atoms with Crippen LogP contribution in [0.3, 0.4) is 0 Å². The summed E-state index contributed by atoms with van der Waals surface area (Å²) in [7, 11) is 0. The number of aryl methyl sites for hydroxylation is 1. The number of carboxylic acid groups (broad SMARTS) is 1. The van der Waals surface area contributed by atoms with Gasteiger partial charge in [-0.3, -0.25) is 4.98 Å². The number of carboxylic acids is 1. The summed E-state index contributed by atoms with van der Waals surface area (Å²) >= 11 is 1.48. The molecule has 86 valence electrons. The summed E-state index contributed by atoms with van der Waals surface area (Å²) < 4.78 is 0. The van der Waals surface area contributed by atoms with Crippen molar-refractivity contribution in [3.8, 4) is 0 Å². The third kappa shape index (κ3) is 3.04. The van der Waals surface area contributed by atoms with Crippen LogP contribution in [0.5, 0.6) is 0 Å². The lowest BCUT2D eigenvalue weighted by molar-refractivity contribution is 0.0696. The standard InChI is InChI=1S/C12H10N2O2S/c1-8-6-10(4-5-13-8)17-11-3-2-9(7-14-11)12(15)16/h2-7H,1H3,(H,15,16). The number of aromatic carboxylic acids is 1. The van der Waals surface area contributed by atoms with Gasteiger partial charge in [0.2, 0.25) is 0 Å². The van der Waals surface area contributed by atoms with E-state index in [9.17, 15) is 4.79 Å². The molecule has 0 saturated heterocycles. The summed E-state index contributed by atoms with van der Waals surface area (Å²) in [6, 6.07) is 7.09. The molecule has 0 aliphatic heterocycles. The lowest BCUT2D eigenvalue weighted by Gasteiger charge is -2.01. The molecule has 0 amide bonds. The van der Waals surface area contributed by atoms with Gasteiger partial charge in [-0.2, -0.15) is 0 Å². The van der Waals surface area contributed by atoms with Crippen molar-refractivity contribution < 1.29 is 9.90 Å². The van der Waals surface area contributed by atoms with Crippen LogP contribution in [0.25, 0.3) is 0 Å². The Kier molecular flexibility index (Phi) is 3.39. The first-order chi connectivity index (χ1) is 8.15. The van der Waals surface area contributed by atoms with Crippen molar-refractivity contribution in [1.82, 2.24) is 9.97 Å². The molecule has 5 heteroatoms. The lowest BCUT2D eigenvalue weighted by Crippen LogP contribution is -1.96. The maximum atomic E-state index is 10.7. The van der Waals surface area contributed by atoms with Gasteiger partial charge in [0.1, 0.15) is 5.03 Å². The van der Waals surface area contributed by atoms with Crippen LogP contribution in [-0.4, -0.2) is 21.0 Å². The molecular weight excluding hydrogens is 236 g/mol. The highest BCUT2D eigenvalue weighted by atomic mass is 32.2. The average Bonchev–Trinajstić information content (AvgIpc) is 2.29. The zero-order valence-corrected chi connectivity index (χ0v) is 9.94. The van der Waals surface area contributed by atoms with Crippen molar-refractivity contribution in [2.45, 2.75) is 16.8 Å². The van der Waals surface area contributed by atoms with E-state index in [1.165, 1.54) is 18.0 Å². The fraction of sp³-hybridized carbons (Fsp3) is 0.0833. The van der Waals surface area contributed by atoms with Crippen LogP contribution in [0.2, 0.25) is 0 Å². The molecule has 0 aliphatic rings. The summed E-state index contributed by atoms with van der Waals surface area (Å²) in [5.74, 6) is -0.964. The Morgan fingerprint density at radius 2 is 2.12 bits per heavy atom. The average molecular weight is 246 g/mol. The predicted octanol–water partition coefficient (Wildman–Crippen LogP) is 2.63. The Morgan fingerprint density at radius 3 is 2.71 bits per heavy atom. The molecule has 0 fully saturated rings. The first kappa shape index (κ1) is 11.6. The SMILES string of the molecule is Cc1cc(Sc2ccc(C(=O)O)cn2)ccn1. The highest BCUT2D eigenvalue weighted by molar-refractivity contribution is 7.99. The summed E-state index contributed by atoms with van der Waals surface area (Å²) in [5, 5.41) is 9.51. The molecule has 2 rings (SSSR count). The van der Waals surface area contributed by atoms with E-state index in [0.29, 0.717) is 0 Å². The van der Waals surface area contributed by atoms with E-state index in [-0.39, 0.29) is 5.56 Å². The molecule has 17 heavy (non-hydrogen) atoms. The molecule has 0 saturated carbocycles. The van der Waals surface area contributed by atoms with Gasteiger partial charge in [-0.05, 0) is 31.2 Å². The normalized spacial score (nSPS) is 10.2. The monoisotopic (exact) mass is 246 g/mol. The zero-order chi connectivity index (χ0) is 12.3. The van der Waals surface area contributed by atoms with Crippen molar-refractivity contribution >= 4 is 17.7 Å². The fourth-order valence-corrected chi connectivity index (χ4v) is 2.11. The fourth-order valence-electron chi connectivity index (χ4n) is 1.27. The van der Waals surface area contributed by atoms with E-state index in [4.69, 9.17) is 5.11 Å². The van der Waals surface area contributed by atoms with Gasteiger partial charge < -0.3 is 5.11 Å². The largest absolute Gasteiger partial charge is 0.478 e. The Morgan fingerprint density at radius 1 is 1.29 bits per heavy atom. The van der Waals surface area contributed by atoms with E-state index >= 15 is 0 Å². The van der Waals surface area contributed by atoms with Crippen molar-refractivity contribution in [2.24, 2.45) is 0 Å². The zero-order valence-electron chi connectivity index (χ0n) is 9.12. The van der Waals surface area contributed by atoms with Crippen molar-refractivity contribution in [1.29, 1.82) is 0 Å². The summed E-state index contributed by atoms with van der Waals surface area (Å²) in [4.78, 5) is 19.9. The van der Waals surface area contributed by atoms with Gasteiger partial charge in [0, 0.05) is 23.0 Å². The molecule has 2 heterocycles. The van der Waals surface area contributed by atoms with Crippen LogP contribution in [0.15, 0.2) is 46.6 Å². The van der Waals surface area contributed by atoms with Crippen molar-refractivity contribution in [2.75, 3.05) is 0 Å². The third-order valence-electron chi connectivity index (χ3n) is 2.07. The topological polar surface area (TPSA) is 63.1 Å². The van der Waals surface area contributed by atoms with Gasteiger partial charge >= 0.3 is 5.97 Å². The van der Waals surface area contributed by atoms with Gasteiger partial charge in [-0.25, -0.2) is 9.78 Å². The Hall–Kier alpha value is -1.88. The Balaban J connectivity index is 2.16. The first-order valence-electron chi connectivity index (χ1n) is 4.95. The van der Waals surface area contributed by atoms with Gasteiger partial charge in [0.05, 0.1) is 5.56 Å². The second-order valence-electron chi connectivity index (χ2n) is 3.43. The second-order valence-corrected chi connectivity index (χ2v) is 4.52. The number of aromatic nitrogens is 2. The van der Waals surface area contributed by atoms with Gasteiger partial charge in [0.25, 0.3) is 0 Å². The number of hydrogen-bond acceptors (Lipinski definition) is 4. The minimum Gasteiger partial charge on any atom is -0.478 e. The molecule has 2 aromatic heterocycles. The molecular formula is C12H10N2O2S. The van der Waals surface area contributed by atoms with E-state index < -0.39 is 5.97 Å². The van der Waals surface area contributed by atoms with Crippen molar-refractivity contribution in [3.05, 3.63) is 47.9 Å². The molecule has 0 atom stereocenters. The van der Waals surface area contributed by atoms with E-state index in [1.54, 1.807) is 18.3 Å². The minimum absolute atomic E-state index is 0.195. The second kappa shape index (κ2) is 4.97. The molecule has 1 N–H and O–H groups in total. The number of rotatable bonds is 3. The van der Waals surface area contributed by atoms with Crippen molar-refractivity contribution in [3.63, 3.8) is 0 Å². The number of carbonyl (C=O) groups is 1. The summed E-state index contributed by atoms with van der Waals surface area (Å²) in [5.41, 5.74) is 1.14. The number of hydrogen-bond donors (Lipinski definition) is 1. The first-order valence-corrected chi connectivity index (χ1v) is 5.76. The van der Waals surface area contributed by atoms with Gasteiger partial charge in [0.15, 0.2) is 0 Å². The van der Waals surface area contributed by atoms with Crippen LogP contribution < -0.4 is 0 Å². The summed E-state index contributed by atoms with van der Waals surface area (Å²) in [6.07, 6.45) is 3.10. The summed E-state index contributed by atoms with van der Waals surface area (Å²) in [6.45, 7) is 1.92. The van der Waals surface area contributed by atoms with Gasteiger partial charge in [-0.1, -0.05) is 11.8 Å². The van der Waals surface area contributed by atoms with E-state index in [0.717, 1.165) is 15.6 Å². The van der Waals surface area contributed by atoms with Crippen LogP contribution in [0.4, 0.5) is 0 Å². The van der Waals surface area contributed by atoms with Crippen LogP contribution in [-0.2, 0) is 0 Å². The molecule has 0 radical (unpaired) electrons. The van der Waals surface area contributed by atoms with E-state index in [2.05, 4.69) is 9.97 Å². The smallest absolute Gasteiger partial charge is 0.337 e. The van der Waals surface area contributed by atoms with Crippen LogP contribution in [0.1, 0.15) is 16.1 Å².